The highest BCUT2D eigenvalue weighted by molar-refractivity contribution is 7.84. The second-order valence-corrected chi connectivity index (χ2v) is 17.3. The summed E-state index contributed by atoms with van der Waals surface area (Å²) in [5.41, 5.74) is -7.27. The fourth-order valence-electron chi connectivity index (χ4n) is 5.85. The van der Waals surface area contributed by atoms with E-state index in [4.69, 9.17) is 9.47 Å². The number of anilines is 1. The van der Waals surface area contributed by atoms with E-state index in [0.717, 1.165) is 23.1 Å². The van der Waals surface area contributed by atoms with Crippen molar-refractivity contribution in [2.24, 2.45) is 0 Å². The van der Waals surface area contributed by atoms with Crippen molar-refractivity contribution in [3.8, 4) is 17.0 Å². The van der Waals surface area contributed by atoms with Crippen LogP contribution in [-0.4, -0.2) is 79.2 Å². The number of hydrogen-bond acceptors (Lipinski definition) is 9. The minimum absolute atomic E-state index is 0.00184. The first kappa shape index (κ1) is 41.5. The largest absolute Gasteiger partial charge is 0.489 e. The maximum Gasteiger partial charge on any atom is 0.424 e. The number of rotatable bonds is 10. The van der Waals surface area contributed by atoms with Gasteiger partial charge in [-0.15, -0.1) is 0 Å². The monoisotopic (exact) mass is 789 g/mol. The number of hydrogen-bond donors (Lipinski definition) is 4. The lowest BCUT2D eigenvalue weighted by Crippen LogP contribution is -2.52. The molecule has 0 saturated carbocycles. The molecule has 17 heteroatoms. The van der Waals surface area contributed by atoms with E-state index >= 15 is 13.2 Å². The molecule has 3 atom stereocenters. The Hall–Kier alpha value is -4.71. The van der Waals surface area contributed by atoms with Gasteiger partial charge in [-0.3, -0.25) is 14.7 Å². The molecule has 5 rings (SSSR count). The van der Waals surface area contributed by atoms with E-state index in [1.165, 1.54) is 37.4 Å². The zero-order chi connectivity index (χ0) is 40.7. The Morgan fingerprint density at radius 3 is 2.31 bits per heavy atom. The molecule has 4 aromatic rings. The van der Waals surface area contributed by atoms with Gasteiger partial charge in [0.1, 0.15) is 29.3 Å². The lowest BCUT2D eigenvalue weighted by molar-refractivity contribution is -0.265. The number of aliphatic hydroxyl groups is 2. The average molecular weight is 790 g/mol. The minimum Gasteiger partial charge on any atom is -0.489 e. The van der Waals surface area contributed by atoms with Crippen LogP contribution < -0.4 is 19.7 Å². The topological polar surface area (TPSA) is 163 Å². The number of carbonyl (C=O) groups excluding carboxylic acids is 2. The molecule has 1 unspecified atom stereocenters. The van der Waals surface area contributed by atoms with Crippen molar-refractivity contribution in [3.05, 3.63) is 83.4 Å². The Kier molecular flexibility index (Phi) is 11.4. The summed E-state index contributed by atoms with van der Waals surface area (Å²) in [7, 11) is -1.83. The molecule has 2 amide bonds. The van der Waals surface area contributed by atoms with Gasteiger partial charge in [0.2, 0.25) is 5.60 Å². The van der Waals surface area contributed by atoms with Gasteiger partial charge < -0.3 is 25.0 Å². The van der Waals surface area contributed by atoms with E-state index in [-0.39, 0.29) is 53.6 Å². The Balaban J connectivity index is 1.68. The smallest absolute Gasteiger partial charge is 0.424 e. The van der Waals surface area contributed by atoms with Gasteiger partial charge >= 0.3 is 12.3 Å². The van der Waals surface area contributed by atoms with E-state index in [9.17, 15) is 28.4 Å². The lowest BCUT2D eigenvalue weighted by Gasteiger charge is -2.33. The second-order valence-electron chi connectivity index (χ2n) is 15.3. The summed E-state index contributed by atoms with van der Waals surface area (Å²) in [5, 5.41) is 23.6. The number of aromatic nitrogens is 2. The van der Waals surface area contributed by atoms with Crippen LogP contribution in [0, 0.1) is 5.82 Å². The molecule has 12 nitrogen and oxygen atoms in total. The third kappa shape index (κ3) is 8.74. The number of aliphatic hydroxyl groups excluding tert-OH is 1. The molecule has 3 heterocycles. The molecule has 0 fully saturated rings. The van der Waals surface area contributed by atoms with Crippen molar-refractivity contribution in [2.45, 2.75) is 76.1 Å². The molecule has 55 heavy (non-hydrogen) atoms. The summed E-state index contributed by atoms with van der Waals surface area (Å²) in [5.74, 6) is -1.57. The molecule has 0 bridgehead atoms. The zero-order valence-electron chi connectivity index (χ0n) is 31.3. The van der Waals surface area contributed by atoms with Crippen LogP contribution >= 0.6 is 0 Å². The van der Waals surface area contributed by atoms with Gasteiger partial charge in [0.05, 0.1) is 58.0 Å². The molecule has 1 aliphatic heterocycles. The molecule has 2 aromatic carbocycles. The van der Waals surface area contributed by atoms with Crippen LogP contribution in [0.2, 0.25) is 0 Å². The minimum atomic E-state index is -5.45. The van der Waals surface area contributed by atoms with Crippen LogP contribution in [0.25, 0.3) is 22.2 Å². The van der Waals surface area contributed by atoms with Crippen molar-refractivity contribution in [3.63, 3.8) is 0 Å². The molecule has 0 radical (unpaired) electrons. The van der Waals surface area contributed by atoms with E-state index in [0.29, 0.717) is 10.9 Å². The third-order valence-corrected chi connectivity index (χ3v) is 10.4. The first-order valence-electron chi connectivity index (χ1n) is 17.2. The molecular weight excluding hydrogens is 747 g/mol. The molecule has 296 valence electrons. The summed E-state index contributed by atoms with van der Waals surface area (Å²) in [4.78, 5) is 36.9. The van der Waals surface area contributed by atoms with Crippen molar-refractivity contribution in [2.75, 3.05) is 31.2 Å². The predicted octanol–water partition coefficient (Wildman–Crippen LogP) is 6.01. The number of amides is 2. The van der Waals surface area contributed by atoms with Crippen LogP contribution in [0.5, 0.6) is 5.75 Å². The molecule has 0 saturated heterocycles. The molecular formula is C38H43F4N5O7S. The summed E-state index contributed by atoms with van der Waals surface area (Å²) >= 11 is 0. The van der Waals surface area contributed by atoms with Crippen LogP contribution in [0.1, 0.15) is 70.1 Å². The fraction of sp³-hybridized carbons (Fsp3) is 0.421. The number of nitrogens with zero attached hydrogens (tertiary/aromatic N) is 3. The van der Waals surface area contributed by atoms with Gasteiger partial charge in [0.25, 0.3) is 5.91 Å². The quantitative estimate of drug-likeness (QED) is 0.141. The van der Waals surface area contributed by atoms with Gasteiger partial charge in [0, 0.05) is 28.3 Å². The number of nitrogens with one attached hydrogen (secondary N) is 2. The predicted molar refractivity (Wildman–Crippen MR) is 198 cm³/mol. The first-order valence-corrected chi connectivity index (χ1v) is 18.3. The van der Waals surface area contributed by atoms with Gasteiger partial charge in [-0.05, 0) is 97.0 Å². The van der Waals surface area contributed by atoms with E-state index in [1.54, 1.807) is 53.7 Å². The van der Waals surface area contributed by atoms with Crippen LogP contribution in [-0.2, 0) is 26.9 Å². The number of benzene rings is 2. The Morgan fingerprint density at radius 2 is 1.71 bits per heavy atom. The fourth-order valence-corrected chi connectivity index (χ4v) is 6.74. The van der Waals surface area contributed by atoms with Crippen molar-refractivity contribution >= 4 is 39.6 Å². The Morgan fingerprint density at radius 1 is 1.04 bits per heavy atom. The van der Waals surface area contributed by atoms with E-state index < -0.39 is 68.7 Å². The van der Waals surface area contributed by atoms with Gasteiger partial charge in [0.15, 0.2) is 0 Å². The SMILES string of the molecule is CC(C)(C)OC(=O)N1C[C@@](C)(NS(=O)C(C)(C)C)c2cc([C@](O)(CNC(=O)c3cc(OCCO)c4ncccc4c3)C(F)(F)F)nc(-c3ccc(F)cc3)c21. The molecule has 4 N–H and O–H groups in total. The Bertz CT molecular complexity index is 2120. The highest BCUT2D eigenvalue weighted by Gasteiger charge is 2.58. The third-order valence-electron chi connectivity index (χ3n) is 8.62. The normalized spacial score (nSPS) is 17.7. The molecule has 2 aromatic heterocycles. The highest BCUT2D eigenvalue weighted by Crippen LogP contribution is 2.49. The Labute approximate surface area is 317 Å². The van der Waals surface area contributed by atoms with Gasteiger partial charge in [-0.2, -0.15) is 13.2 Å². The number of ether oxygens (including phenoxy) is 2. The zero-order valence-corrected chi connectivity index (χ0v) is 32.1. The molecule has 1 aliphatic rings. The number of pyridine rings is 2. The van der Waals surface area contributed by atoms with Gasteiger partial charge in [-0.1, -0.05) is 6.07 Å². The molecule has 0 aliphatic carbocycles. The summed E-state index contributed by atoms with van der Waals surface area (Å²) < 4.78 is 86.8. The van der Waals surface area contributed by atoms with Crippen LogP contribution in [0.15, 0.2) is 60.8 Å². The van der Waals surface area contributed by atoms with E-state index in [2.05, 4.69) is 20.0 Å². The average Bonchev–Trinajstić information content (AvgIpc) is 3.39. The number of carbonyl (C=O) groups is 2. The van der Waals surface area contributed by atoms with Crippen molar-refractivity contribution in [1.29, 1.82) is 0 Å². The van der Waals surface area contributed by atoms with E-state index in [1.807, 2.05) is 0 Å². The number of halogens is 4. The van der Waals surface area contributed by atoms with Crippen LogP contribution in [0.3, 0.4) is 0 Å². The summed E-state index contributed by atoms with van der Waals surface area (Å²) in [6.07, 6.45) is -4.86. The first-order chi connectivity index (χ1) is 25.5. The second kappa shape index (κ2) is 15.1. The lowest BCUT2D eigenvalue weighted by atomic mass is 9.89. The maximum absolute atomic E-state index is 15.3. The van der Waals surface area contributed by atoms with Crippen molar-refractivity contribution < 1.29 is 51.0 Å². The number of alkyl halides is 3. The van der Waals surface area contributed by atoms with Gasteiger partial charge in [-0.25, -0.2) is 23.1 Å². The van der Waals surface area contributed by atoms with Crippen LogP contribution in [0.4, 0.5) is 28.0 Å². The molecule has 0 spiro atoms. The summed E-state index contributed by atoms with van der Waals surface area (Å²) in [6.45, 7) is 9.28. The highest BCUT2D eigenvalue weighted by atomic mass is 32.2. The number of fused-ring (bicyclic) bond motifs is 2. The maximum atomic E-state index is 15.3. The summed E-state index contributed by atoms with van der Waals surface area (Å²) in [6, 6.07) is 11.4. The standard InChI is InChI=1S/C38H43F4N5O7S/c1-34(2,3)54-33(50)47-21-36(7,46-55(52)35(4,5)6)26-19-28(45-30(31(26)47)22-10-12-25(39)13-11-22)37(51,38(40,41)42)20-44-32(49)24-17-23-9-8-14-43-29(23)27(18-24)53-16-15-48/h8-14,17-19,46,48,51H,15-16,20-21H2,1-7H3,(H,44,49)/t36-,37-,55?/m1/s1. The van der Waals surface area contributed by atoms with Crippen molar-refractivity contribution in [1.82, 2.24) is 20.0 Å².